The van der Waals surface area contributed by atoms with Gasteiger partial charge in [-0.3, -0.25) is 0 Å². The lowest BCUT2D eigenvalue weighted by molar-refractivity contribution is -0.0111. The Kier molecular flexibility index (Phi) is 16.7. The van der Waals surface area contributed by atoms with Crippen LogP contribution in [0.5, 0.6) is 11.5 Å². The van der Waals surface area contributed by atoms with Crippen molar-refractivity contribution < 1.29 is 33.2 Å². The average molecular weight is 762 g/mol. The number of halogens is 1. The molecule has 0 fully saturated rings. The van der Waals surface area contributed by atoms with Crippen LogP contribution >= 0.6 is 34.4 Å². The van der Waals surface area contributed by atoms with E-state index in [2.05, 4.69) is 42.4 Å². The Labute approximate surface area is 281 Å². The zero-order valence-electron chi connectivity index (χ0n) is 25.5. The first-order valence-electron chi connectivity index (χ1n) is 15.2. The monoisotopic (exact) mass is 761 g/mol. The number of rotatable bonds is 25. The minimum absolute atomic E-state index is 0.235. The van der Waals surface area contributed by atoms with Gasteiger partial charge >= 0.3 is 0 Å². The molecule has 0 atom stereocenters. The van der Waals surface area contributed by atoms with Gasteiger partial charge in [0.25, 0.3) is 0 Å². The molecule has 0 radical (unpaired) electrons. The predicted octanol–water partition coefficient (Wildman–Crippen LogP) is 2.69. The first-order valence-corrected chi connectivity index (χ1v) is 17.1. The number of nitrogens with two attached hydrogens (primary N) is 2. The van der Waals surface area contributed by atoms with E-state index in [0.717, 1.165) is 69.7 Å². The maximum Gasteiger partial charge on any atom is 0.231 e. The number of nitrogens with one attached hydrogen (secondary N) is 1. The summed E-state index contributed by atoms with van der Waals surface area (Å²) in [5.74, 6) is 1.86. The highest BCUT2D eigenvalue weighted by atomic mass is 127. The van der Waals surface area contributed by atoms with Gasteiger partial charge in [-0.1, -0.05) is 11.8 Å². The van der Waals surface area contributed by atoms with Crippen LogP contribution in [0, 0.1) is 3.57 Å². The molecule has 0 bridgehead atoms. The number of imidazole rings is 1. The second-order valence-corrected chi connectivity index (χ2v) is 12.0. The molecule has 0 saturated heterocycles. The number of ether oxygens (including phenoxy) is 7. The smallest absolute Gasteiger partial charge is 0.231 e. The number of nitrogens with zero attached hydrogens (tertiary/aromatic N) is 4. The molecule has 2 aromatic heterocycles. The topological polar surface area (TPSA) is 172 Å². The lowest BCUT2D eigenvalue weighted by atomic mass is 10.3. The molecule has 3 heterocycles. The molecule has 1 aromatic carbocycles. The number of benzene rings is 1. The predicted molar refractivity (Wildman–Crippen MR) is 179 cm³/mol. The molecular weight excluding hydrogens is 717 g/mol. The molecule has 1 aliphatic heterocycles. The molecule has 45 heavy (non-hydrogen) atoms. The third-order valence-corrected chi connectivity index (χ3v) is 8.82. The molecular formula is C29H44IN7O7S. The zero-order chi connectivity index (χ0) is 31.5. The number of nitrogen functional groups attached to an aromatic ring is 1. The van der Waals surface area contributed by atoms with Crippen molar-refractivity contribution in [1.82, 2.24) is 24.8 Å². The third-order valence-electron chi connectivity index (χ3n) is 6.51. The van der Waals surface area contributed by atoms with Crippen LogP contribution in [0.2, 0.25) is 0 Å². The Balaban J connectivity index is 1.03. The fourth-order valence-corrected chi connectivity index (χ4v) is 5.95. The molecule has 0 aliphatic carbocycles. The summed E-state index contributed by atoms with van der Waals surface area (Å²) in [6, 6.07) is 3.97. The molecule has 0 spiro atoms. The molecule has 4 rings (SSSR count). The van der Waals surface area contributed by atoms with E-state index in [0.29, 0.717) is 83.9 Å². The molecule has 0 unspecified atom stereocenters. The average Bonchev–Trinajstić information content (AvgIpc) is 3.64. The minimum Gasteiger partial charge on any atom is -0.454 e. The number of hydrogen-bond acceptors (Lipinski definition) is 14. The summed E-state index contributed by atoms with van der Waals surface area (Å²) in [6.07, 6.45) is 4.17. The normalized spacial score (nSPS) is 12.5. The Morgan fingerprint density at radius 1 is 0.822 bits per heavy atom. The van der Waals surface area contributed by atoms with Gasteiger partial charge in [0, 0.05) is 28.2 Å². The van der Waals surface area contributed by atoms with Crippen LogP contribution in [-0.2, 0) is 30.2 Å². The van der Waals surface area contributed by atoms with Crippen LogP contribution in [-0.4, -0.2) is 112 Å². The molecule has 16 heteroatoms. The van der Waals surface area contributed by atoms with E-state index in [4.69, 9.17) is 49.6 Å². The fourth-order valence-electron chi connectivity index (χ4n) is 4.24. The standard InChI is InChI=1S/C29H44IN7O7S/c30-22-18-23-24(44-21-43-23)19-25(22)45-29-36-26-27(32)34-20-35-28(26)37(29)7-2-5-33-6-3-9-39-11-13-41-15-17-42-16-14-40-12-10-38-8-1-4-31/h18-20,33H,1-17,21,31H2,(H2,32,34,35). The van der Waals surface area contributed by atoms with Crippen molar-refractivity contribution >= 4 is 51.3 Å². The molecule has 1 aliphatic rings. The van der Waals surface area contributed by atoms with Crippen molar-refractivity contribution in [2.75, 3.05) is 98.2 Å². The Morgan fingerprint density at radius 3 is 2.09 bits per heavy atom. The first kappa shape index (κ1) is 35.8. The van der Waals surface area contributed by atoms with Crippen molar-refractivity contribution in [2.24, 2.45) is 5.73 Å². The maximum absolute atomic E-state index is 6.13. The molecule has 5 N–H and O–H groups in total. The molecule has 250 valence electrons. The summed E-state index contributed by atoms with van der Waals surface area (Å²) in [7, 11) is 0. The fraction of sp³-hybridized carbons (Fsp3) is 0.621. The van der Waals surface area contributed by atoms with Crippen LogP contribution in [0.25, 0.3) is 11.2 Å². The van der Waals surface area contributed by atoms with Crippen molar-refractivity contribution in [3.8, 4) is 11.5 Å². The quantitative estimate of drug-likeness (QED) is 0.0850. The lowest BCUT2D eigenvalue weighted by Gasteiger charge is -2.11. The molecule has 0 amide bonds. The Bertz CT molecular complexity index is 1290. The van der Waals surface area contributed by atoms with E-state index in [1.54, 1.807) is 11.8 Å². The van der Waals surface area contributed by atoms with Crippen molar-refractivity contribution in [3.63, 3.8) is 0 Å². The second kappa shape index (κ2) is 21.0. The van der Waals surface area contributed by atoms with E-state index in [9.17, 15) is 0 Å². The molecule has 3 aromatic rings. The van der Waals surface area contributed by atoms with E-state index >= 15 is 0 Å². The highest BCUT2D eigenvalue weighted by Crippen LogP contribution is 2.41. The molecule has 0 saturated carbocycles. The van der Waals surface area contributed by atoms with Crippen LogP contribution in [0.15, 0.2) is 28.5 Å². The van der Waals surface area contributed by atoms with Gasteiger partial charge in [0.05, 0.1) is 52.9 Å². The highest BCUT2D eigenvalue weighted by molar-refractivity contribution is 14.1. The second-order valence-electron chi connectivity index (χ2n) is 9.88. The van der Waals surface area contributed by atoms with Gasteiger partial charge < -0.3 is 54.5 Å². The third kappa shape index (κ3) is 12.3. The van der Waals surface area contributed by atoms with Crippen LogP contribution in [0.1, 0.15) is 19.3 Å². The molecule has 14 nitrogen and oxygen atoms in total. The largest absolute Gasteiger partial charge is 0.454 e. The number of aryl methyl sites for hydroxylation is 1. The van der Waals surface area contributed by atoms with E-state index in [1.165, 1.54) is 6.33 Å². The minimum atomic E-state index is 0.235. The number of hydrogen-bond donors (Lipinski definition) is 3. The van der Waals surface area contributed by atoms with E-state index in [1.807, 2.05) is 12.1 Å². The van der Waals surface area contributed by atoms with Crippen molar-refractivity contribution in [3.05, 3.63) is 22.0 Å². The van der Waals surface area contributed by atoms with Crippen LogP contribution < -0.4 is 26.3 Å². The van der Waals surface area contributed by atoms with Crippen molar-refractivity contribution in [2.45, 2.75) is 35.9 Å². The Hall–Kier alpha value is -2.03. The van der Waals surface area contributed by atoms with Gasteiger partial charge in [0.15, 0.2) is 33.6 Å². The number of fused-ring (bicyclic) bond motifs is 2. The van der Waals surface area contributed by atoms with E-state index in [-0.39, 0.29) is 6.79 Å². The highest BCUT2D eigenvalue weighted by Gasteiger charge is 2.20. The first-order chi connectivity index (χ1) is 22.2. The summed E-state index contributed by atoms with van der Waals surface area (Å²) < 4.78 is 41.7. The van der Waals surface area contributed by atoms with Crippen LogP contribution in [0.3, 0.4) is 0 Å². The summed E-state index contributed by atoms with van der Waals surface area (Å²) >= 11 is 3.86. The van der Waals surface area contributed by atoms with Gasteiger partial charge in [-0.05, 0) is 73.6 Å². The zero-order valence-corrected chi connectivity index (χ0v) is 28.5. The van der Waals surface area contributed by atoms with Gasteiger partial charge in [-0.2, -0.15) is 0 Å². The van der Waals surface area contributed by atoms with Gasteiger partial charge in [-0.15, -0.1) is 0 Å². The maximum atomic E-state index is 6.13. The SMILES string of the molecule is NCCCOCCOCCOCCOCCOCCCNCCCn1c(Sc2cc3c(cc2I)OCO3)nc2c(N)ncnc21. The lowest BCUT2D eigenvalue weighted by Crippen LogP contribution is -2.20. The number of anilines is 1. The summed E-state index contributed by atoms with van der Waals surface area (Å²) in [4.78, 5) is 14.4. The Morgan fingerprint density at radius 2 is 1.42 bits per heavy atom. The van der Waals surface area contributed by atoms with Gasteiger partial charge in [-0.25, -0.2) is 15.0 Å². The summed E-state index contributed by atoms with van der Waals surface area (Å²) in [5, 5.41) is 4.30. The van der Waals surface area contributed by atoms with Gasteiger partial charge in [0.1, 0.15) is 6.33 Å². The van der Waals surface area contributed by atoms with E-state index < -0.39 is 0 Å². The van der Waals surface area contributed by atoms with Crippen LogP contribution in [0.4, 0.5) is 5.82 Å². The number of aromatic nitrogens is 4. The van der Waals surface area contributed by atoms with Crippen molar-refractivity contribution in [1.29, 1.82) is 0 Å². The summed E-state index contributed by atoms with van der Waals surface area (Å²) in [6.45, 7) is 9.11. The summed E-state index contributed by atoms with van der Waals surface area (Å²) in [5.41, 5.74) is 12.9. The van der Waals surface area contributed by atoms with Gasteiger partial charge in [0.2, 0.25) is 6.79 Å².